The van der Waals surface area contributed by atoms with Crippen LogP contribution in [0.3, 0.4) is 0 Å². The number of ether oxygens (including phenoxy) is 5. The van der Waals surface area contributed by atoms with Gasteiger partial charge >= 0.3 is 24.3 Å². The average Bonchev–Trinajstić information content (AvgIpc) is 1.66. The Morgan fingerprint density at radius 3 is 2.37 bits per heavy atom. The number of primary amides is 1. The highest BCUT2D eigenvalue weighted by molar-refractivity contribution is 7.80. The second-order valence-electron chi connectivity index (χ2n) is 23.5. The zero-order chi connectivity index (χ0) is 63.6. The van der Waals surface area contributed by atoms with Crippen LogP contribution in [0, 0.1) is 23.7 Å². The van der Waals surface area contributed by atoms with Gasteiger partial charge in [-0.15, -0.1) is 0 Å². The number of ketones is 1. The zero-order valence-corrected chi connectivity index (χ0v) is 51.6. The van der Waals surface area contributed by atoms with Crippen molar-refractivity contribution < 1.29 is 80.3 Å². The fraction of sp³-hybridized carbons (Fsp3) is 0.590. The molecule has 0 radical (unpaired) electrons. The number of fused-ring (bicyclic) bond motifs is 5. The summed E-state index contributed by atoms with van der Waals surface area (Å²) in [4.78, 5) is 109. The van der Waals surface area contributed by atoms with Gasteiger partial charge in [0.15, 0.2) is 5.78 Å². The molecule has 7 amide bonds. The van der Waals surface area contributed by atoms with Gasteiger partial charge in [-0.25, -0.2) is 9.59 Å². The number of imide groups is 1. The van der Waals surface area contributed by atoms with E-state index < -0.39 is 125 Å². The summed E-state index contributed by atoms with van der Waals surface area (Å²) in [6.45, 7) is 10.8. The molecule has 20 nitrogen and oxygen atoms in total. The number of carbonyl (C=O) groups is 8. The minimum absolute atomic E-state index is 0.00449. The molecule has 1 unspecified atom stereocenters. The zero-order valence-electron chi connectivity index (χ0n) is 50.1. The molecule has 472 valence electrons. The Morgan fingerprint density at radius 1 is 1.01 bits per heavy atom. The lowest BCUT2D eigenvalue weighted by Gasteiger charge is -2.41. The number of likely N-dealkylation sites (tertiary alicyclic amines) is 1. The Morgan fingerprint density at radius 2 is 1.73 bits per heavy atom. The molecule has 2 aromatic carbocycles. The number of hydrogen-bond acceptors (Lipinski definition) is 15. The van der Waals surface area contributed by atoms with Crippen LogP contribution in [0.4, 0.5) is 34.1 Å². The van der Waals surface area contributed by atoms with Crippen molar-refractivity contribution in [1.82, 2.24) is 15.5 Å². The van der Waals surface area contributed by atoms with Crippen molar-refractivity contribution in [2.45, 2.75) is 173 Å². The third kappa shape index (κ3) is 17.6. The number of epoxide rings is 1. The first-order valence-corrected chi connectivity index (χ1v) is 29.7. The number of nitrogens with zero attached hydrogens (tertiary/aromatic N) is 2. The van der Waals surface area contributed by atoms with E-state index in [0.29, 0.717) is 55.1 Å². The summed E-state index contributed by atoms with van der Waals surface area (Å²) in [5.74, 6) is -4.79. The Labute approximate surface area is 509 Å². The monoisotopic (exact) mass is 1240 g/mol. The molecular weight excluding hydrogens is 1170 g/mol. The average molecular weight is 1250 g/mol. The van der Waals surface area contributed by atoms with Gasteiger partial charge in [-0.2, -0.15) is 13.2 Å². The van der Waals surface area contributed by atoms with Crippen molar-refractivity contribution in [3.8, 4) is 5.75 Å². The van der Waals surface area contributed by atoms with Crippen LogP contribution in [0.5, 0.6) is 5.75 Å². The lowest BCUT2D eigenvalue weighted by Crippen LogP contribution is -2.53. The number of amides is 7. The first-order valence-electron chi connectivity index (χ1n) is 28.9. The van der Waals surface area contributed by atoms with E-state index in [1.54, 1.807) is 58.9 Å². The third-order valence-electron chi connectivity index (χ3n) is 16.6. The molecule has 6 N–H and O–H groups in total. The largest absolute Gasteiger partial charge is 0.495 e. The van der Waals surface area contributed by atoms with Crippen LogP contribution >= 0.6 is 23.8 Å². The molecule has 10 atom stereocenters. The predicted molar refractivity (Wildman–Crippen MR) is 317 cm³/mol. The number of alkyl halides is 3. The molecule has 4 bridgehead atoms. The predicted octanol–water partition coefficient (Wildman–Crippen LogP) is 8.67. The minimum atomic E-state index is -5.08. The summed E-state index contributed by atoms with van der Waals surface area (Å²) >= 11 is 12.5. The van der Waals surface area contributed by atoms with Gasteiger partial charge in [0.1, 0.15) is 40.3 Å². The molecule has 3 saturated heterocycles. The summed E-state index contributed by atoms with van der Waals surface area (Å²) in [5.41, 5.74) is 1.67. The number of nitrogens with two attached hydrogens (primary N) is 1. The SMILES string of the molecule is COc1cc2cc(c1Cl)N(C)C(=O)C[C@H](OC(=O)Nc1ccc(CC(=O)[C@H](CCCNC(N)=O)NC(=O)[C@@H](CC(=S)CCCCCN3C(=O)CC(C)C3=O)C(C)C)c(C(F)(F)F)c1)[C@]1(C)O[C@H]1[C@H](C)[C@@H]1C[C@@](O)(CC(=O)O1)[C@H](OC)/C=C/C=C(\C)C2. The van der Waals surface area contributed by atoms with Crippen molar-refractivity contribution >= 4 is 87.6 Å². The molecule has 0 spiro atoms. The van der Waals surface area contributed by atoms with Crippen LogP contribution < -0.4 is 31.3 Å². The van der Waals surface area contributed by atoms with Crippen molar-refractivity contribution in [2.75, 3.05) is 44.6 Å². The van der Waals surface area contributed by atoms with E-state index >= 15 is 13.2 Å². The Hall–Kier alpha value is -6.47. The van der Waals surface area contributed by atoms with Gasteiger partial charge in [-0.1, -0.05) is 87.8 Å². The van der Waals surface area contributed by atoms with Gasteiger partial charge in [-0.05, 0) is 105 Å². The van der Waals surface area contributed by atoms with E-state index in [9.17, 15) is 43.5 Å². The number of allylic oxidation sites excluding steroid dienone is 3. The Bertz CT molecular complexity index is 2960. The van der Waals surface area contributed by atoms with Crippen molar-refractivity contribution in [3.63, 3.8) is 0 Å². The number of carbonyl (C=O) groups excluding carboxylic acids is 8. The highest BCUT2D eigenvalue weighted by Gasteiger charge is 2.64. The molecule has 4 heterocycles. The number of Topliss-reactive ketones (excluding diaryl/α,β-unsaturated/α-hetero) is 1. The van der Waals surface area contributed by atoms with Crippen LogP contribution in [0.15, 0.2) is 54.1 Å². The third-order valence-corrected chi connectivity index (χ3v) is 17.3. The van der Waals surface area contributed by atoms with Crippen LogP contribution in [-0.2, 0) is 66.7 Å². The molecule has 86 heavy (non-hydrogen) atoms. The quantitative estimate of drug-likeness (QED) is 0.0242. The number of hydrogen-bond donors (Lipinski definition) is 5. The summed E-state index contributed by atoms with van der Waals surface area (Å²) in [6.07, 6.45) is -4.14. The Kier molecular flexibility index (Phi) is 23.5. The maximum absolute atomic E-state index is 15.1. The summed E-state index contributed by atoms with van der Waals surface area (Å²) in [6, 6.07) is 4.03. The standard InChI is InChI=1S/C61H80ClF3N6O14S/c1-33(2)41(29-40(86)16-11-10-12-22-71-51(74)24-35(4)56(71)77)55(76)69-43(17-14-21-67-57(66)78)45(72)27-38-19-20-39(28-42(38)61(63,64)65)68-58(79)84-49-30-50(73)70(7)44-25-37(26-46(81-8)53(44)62)23-34(3)15-13-18-48(82-9)60(80)31-47(83-52(75)32-60)36(5)54-59(49,6)85-54/h13,15,18-20,25-26,28,33,35-36,41,43,47-49,54,80H,10-12,14,16-17,21-24,27,29-32H2,1-9H3,(H,68,79)(H,69,76)(H3,66,67,78)/b18-13+,34-15+/t35?,36-,41+,43+,47+,48-,49+,54+,59+,60-/m1/s1. The first-order chi connectivity index (χ1) is 40.4. The van der Waals surface area contributed by atoms with Crippen LogP contribution in [-0.4, -0.2) is 138 Å². The number of halogens is 4. The van der Waals surface area contributed by atoms with E-state index in [2.05, 4.69) is 16.0 Å². The number of esters is 1. The van der Waals surface area contributed by atoms with Gasteiger partial charge in [0, 0.05) is 70.0 Å². The summed E-state index contributed by atoms with van der Waals surface area (Å²) < 4.78 is 74.5. The fourth-order valence-corrected chi connectivity index (χ4v) is 12.1. The second kappa shape index (κ2) is 29.5. The van der Waals surface area contributed by atoms with E-state index in [1.165, 1.54) is 31.1 Å². The van der Waals surface area contributed by atoms with E-state index in [-0.39, 0.29) is 85.2 Å². The molecule has 25 heteroatoms. The van der Waals surface area contributed by atoms with Gasteiger partial charge in [0.2, 0.25) is 23.6 Å². The summed E-state index contributed by atoms with van der Waals surface area (Å²) in [5, 5.41) is 19.6. The van der Waals surface area contributed by atoms with Crippen molar-refractivity contribution in [1.29, 1.82) is 0 Å². The Balaban J connectivity index is 1.21. The molecule has 4 aliphatic rings. The van der Waals surface area contributed by atoms with Gasteiger partial charge in [-0.3, -0.25) is 39.0 Å². The first kappa shape index (κ1) is 68.6. The molecule has 0 saturated carbocycles. The molecule has 2 aromatic rings. The van der Waals surface area contributed by atoms with Gasteiger partial charge in [0.25, 0.3) is 0 Å². The fourth-order valence-electron chi connectivity index (χ4n) is 11.5. The molecule has 0 aromatic heterocycles. The number of aliphatic hydroxyl groups is 1. The maximum atomic E-state index is 15.1. The van der Waals surface area contributed by atoms with Crippen LogP contribution in [0.1, 0.15) is 129 Å². The highest BCUT2D eigenvalue weighted by Crippen LogP contribution is 2.50. The number of anilines is 2. The number of unbranched alkanes of at least 4 members (excludes halogenated alkanes) is 2. The molecule has 4 aliphatic heterocycles. The minimum Gasteiger partial charge on any atom is -0.495 e. The van der Waals surface area contributed by atoms with Gasteiger partial charge in [0.05, 0.1) is 43.3 Å². The smallest absolute Gasteiger partial charge is 0.416 e. The topological polar surface area (TPSA) is 275 Å². The number of benzene rings is 2. The number of rotatable bonds is 22. The van der Waals surface area contributed by atoms with E-state index in [0.717, 1.165) is 17.7 Å². The van der Waals surface area contributed by atoms with Crippen LogP contribution in [0.25, 0.3) is 0 Å². The van der Waals surface area contributed by atoms with Gasteiger partial charge < -0.3 is 50.1 Å². The number of thiocarbonyl (C=S) groups is 1. The van der Waals surface area contributed by atoms with Crippen LogP contribution in [0.2, 0.25) is 5.02 Å². The second-order valence-corrected chi connectivity index (χ2v) is 24.5. The van der Waals surface area contributed by atoms with Crippen molar-refractivity contribution in [2.24, 2.45) is 29.4 Å². The molecule has 3 fully saturated rings. The normalized spacial score (nSPS) is 26.2. The molecule has 0 aliphatic carbocycles. The maximum Gasteiger partial charge on any atom is 0.416 e. The lowest BCUT2D eigenvalue weighted by atomic mass is 9.78. The highest BCUT2D eigenvalue weighted by atomic mass is 35.5. The van der Waals surface area contributed by atoms with E-state index in [4.69, 9.17) is 53.2 Å². The number of methoxy groups -OCH3 is 2. The molecule has 6 rings (SSSR count). The molecular formula is C61H80ClF3N6O14S. The summed E-state index contributed by atoms with van der Waals surface area (Å²) in [7, 11) is 4.28. The van der Waals surface area contributed by atoms with E-state index in [1.807, 2.05) is 13.0 Å². The lowest BCUT2D eigenvalue weighted by molar-refractivity contribution is -0.187. The number of urea groups is 1. The number of nitrogens with one attached hydrogen (secondary N) is 3. The van der Waals surface area contributed by atoms with Crippen molar-refractivity contribution in [3.05, 3.63) is 75.8 Å².